The van der Waals surface area contributed by atoms with Gasteiger partial charge in [0, 0.05) is 12.1 Å². The zero-order chi connectivity index (χ0) is 21.2. The molecule has 2 N–H and O–H groups in total. The van der Waals surface area contributed by atoms with E-state index >= 15 is 0 Å². The van der Waals surface area contributed by atoms with E-state index in [1.807, 2.05) is 6.92 Å². The van der Waals surface area contributed by atoms with Gasteiger partial charge in [-0.05, 0) is 31.0 Å². The summed E-state index contributed by atoms with van der Waals surface area (Å²) in [5.41, 5.74) is 0.984. The molecule has 1 aliphatic heterocycles. The second-order valence-electron chi connectivity index (χ2n) is 7.02. The lowest BCUT2D eigenvalue weighted by Crippen LogP contribution is -2.46. The minimum atomic E-state index is -3.89. The molecule has 2 heterocycles. The van der Waals surface area contributed by atoms with Gasteiger partial charge in [-0.3, -0.25) is 4.79 Å². The van der Waals surface area contributed by atoms with Crippen LogP contribution in [-0.4, -0.2) is 57.2 Å². The monoisotopic (exact) mass is 441 g/mol. The van der Waals surface area contributed by atoms with Crippen LogP contribution in [0.25, 0.3) is 0 Å². The lowest BCUT2D eigenvalue weighted by atomic mass is 10.2. The van der Waals surface area contributed by atoms with Gasteiger partial charge in [0.15, 0.2) is 25.5 Å². The van der Waals surface area contributed by atoms with Gasteiger partial charge < -0.3 is 15.2 Å². The average Bonchev–Trinajstić information content (AvgIpc) is 3.22. The van der Waals surface area contributed by atoms with Crippen LogP contribution >= 0.6 is 0 Å². The molecule has 1 aromatic carbocycles. The van der Waals surface area contributed by atoms with Crippen molar-refractivity contribution in [2.75, 3.05) is 23.4 Å². The molecule has 3 rings (SSSR count). The third-order valence-corrected chi connectivity index (χ3v) is 8.95. The van der Waals surface area contributed by atoms with E-state index in [2.05, 4.69) is 15.8 Å². The number of carbonyl (C=O) groups is 1. The van der Waals surface area contributed by atoms with Crippen molar-refractivity contribution in [1.82, 2.24) is 10.5 Å². The highest BCUT2D eigenvalue weighted by atomic mass is 32.2. The lowest BCUT2D eigenvalue weighted by molar-refractivity contribution is -0.115. The molecule has 2 atom stereocenters. The Morgan fingerprint density at radius 2 is 1.93 bits per heavy atom. The van der Waals surface area contributed by atoms with E-state index in [9.17, 15) is 21.6 Å². The number of carbonyl (C=O) groups excluding carboxylic acids is 1. The van der Waals surface area contributed by atoms with E-state index in [0.717, 1.165) is 12.0 Å². The summed E-state index contributed by atoms with van der Waals surface area (Å²) in [7, 11) is -7.44. The van der Waals surface area contributed by atoms with Crippen LogP contribution in [0.15, 0.2) is 39.8 Å². The highest BCUT2D eigenvalue weighted by Gasteiger charge is 2.45. The van der Waals surface area contributed by atoms with Gasteiger partial charge in [0.05, 0.1) is 28.2 Å². The molecule has 0 spiro atoms. The zero-order valence-corrected chi connectivity index (χ0v) is 17.7. The molecule has 11 heteroatoms. The first kappa shape index (κ1) is 21.5. The molecule has 0 unspecified atom stereocenters. The van der Waals surface area contributed by atoms with Gasteiger partial charge in [-0.15, -0.1) is 0 Å². The average molecular weight is 442 g/mol. The molecule has 1 aliphatic rings. The molecule has 0 aliphatic carbocycles. The molecule has 0 radical (unpaired) electrons. The summed E-state index contributed by atoms with van der Waals surface area (Å²) >= 11 is 0. The predicted octanol–water partition coefficient (Wildman–Crippen LogP) is 0.713. The molecule has 9 nitrogen and oxygen atoms in total. The number of anilines is 1. The summed E-state index contributed by atoms with van der Waals surface area (Å²) < 4.78 is 55.2. The van der Waals surface area contributed by atoms with E-state index < -0.39 is 42.6 Å². The molecule has 0 saturated carbocycles. The number of hydrogen-bond donors (Lipinski definition) is 2. The summed E-state index contributed by atoms with van der Waals surface area (Å²) in [4.78, 5) is 12.2. The van der Waals surface area contributed by atoms with Crippen molar-refractivity contribution in [2.24, 2.45) is 0 Å². The zero-order valence-electron chi connectivity index (χ0n) is 16.1. The number of amides is 1. The van der Waals surface area contributed by atoms with Crippen LogP contribution in [0.5, 0.6) is 0 Å². The SMILES string of the molecule is CCc1ccc(S(=O)(=O)[C@H]2CS(=O)(=O)C[C@@H]2NCC(=O)Nc2cc(C)on2)cc1. The number of nitrogens with zero attached hydrogens (tertiary/aromatic N) is 1. The van der Waals surface area contributed by atoms with Crippen LogP contribution < -0.4 is 10.6 Å². The van der Waals surface area contributed by atoms with Crippen molar-refractivity contribution in [2.45, 2.75) is 36.5 Å². The smallest absolute Gasteiger partial charge is 0.239 e. The number of hydrogen-bond acceptors (Lipinski definition) is 8. The summed E-state index contributed by atoms with van der Waals surface area (Å²) in [5, 5.41) is 7.76. The quantitative estimate of drug-likeness (QED) is 0.641. The lowest BCUT2D eigenvalue weighted by Gasteiger charge is -2.20. The fourth-order valence-electron chi connectivity index (χ4n) is 3.24. The van der Waals surface area contributed by atoms with Crippen molar-refractivity contribution in [3.05, 3.63) is 41.7 Å². The van der Waals surface area contributed by atoms with Crippen LogP contribution in [0.1, 0.15) is 18.2 Å². The Morgan fingerprint density at radius 3 is 2.52 bits per heavy atom. The van der Waals surface area contributed by atoms with Crippen molar-refractivity contribution in [3.8, 4) is 0 Å². The van der Waals surface area contributed by atoms with E-state index in [0.29, 0.717) is 5.76 Å². The number of aromatic nitrogens is 1. The molecule has 1 fully saturated rings. The largest absolute Gasteiger partial charge is 0.360 e. The topological polar surface area (TPSA) is 135 Å². The second kappa shape index (κ2) is 8.25. The fourth-order valence-corrected chi connectivity index (χ4v) is 7.95. The number of rotatable bonds is 7. The number of nitrogens with one attached hydrogen (secondary N) is 2. The first-order chi connectivity index (χ1) is 13.6. The Bertz CT molecular complexity index is 1090. The molecule has 158 valence electrons. The van der Waals surface area contributed by atoms with Crippen LogP contribution in [0, 0.1) is 6.92 Å². The van der Waals surface area contributed by atoms with Gasteiger partial charge in [0.2, 0.25) is 5.91 Å². The highest BCUT2D eigenvalue weighted by molar-refractivity contribution is 7.96. The summed E-state index contributed by atoms with van der Waals surface area (Å²) in [5.74, 6) is -0.553. The number of aryl methyl sites for hydroxylation is 2. The maximum Gasteiger partial charge on any atom is 0.239 e. The van der Waals surface area contributed by atoms with Gasteiger partial charge in [-0.1, -0.05) is 24.2 Å². The van der Waals surface area contributed by atoms with E-state index in [-0.39, 0.29) is 23.0 Å². The molecule has 1 saturated heterocycles. The van der Waals surface area contributed by atoms with Gasteiger partial charge in [-0.2, -0.15) is 0 Å². The van der Waals surface area contributed by atoms with Crippen LogP contribution in [0.4, 0.5) is 5.82 Å². The Labute approximate surface area is 169 Å². The van der Waals surface area contributed by atoms with Crippen molar-refractivity contribution < 1.29 is 26.2 Å². The van der Waals surface area contributed by atoms with Crippen molar-refractivity contribution in [1.29, 1.82) is 0 Å². The van der Waals surface area contributed by atoms with Gasteiger partial charge >= 0.3 is 0 Å². The second-order valence-corrected chi connectivity index (χ2v) is 11.3. The van der Waals surface area contributed by atoms with E-state index in [4.69, 9.17) is 4.52 Å². The molecule has 1 aromatic heterocycles. The predicted molar refractivity (Wildman–Crippen MR) is 107 cm³/mol. The van der Waals surface area contributed by atoms with Crippen molar-refractivity contribution in [3.63, 3.8) is 0 Å². The first-order valence-electron chi connectivity index (χ1n) is 9.10. The Morgan fingerprint density at radius 1 is 1.24 bits per heavy atom. The maximum atomic E-state index is 13.0. The standard InChI is InChI=1S/C18H23N3O6S2/c1-3-13-4-6-14(7-5-13)29(25,26)16-11-28(23,24)10-15(16)19-9-18(22)20-17-8-12(2)27-21-17/h4-8,15-16,19H,3,9-11H2,1-2H3,(H,20,21,22)/t15-,16-/m0/s1. The van der Waals surface area contributed by atoms with Crippen LogP contribution in [0.3, 0.4) is 0 Å². The first-order valence-corrected chi connectivity index (χ1v) is 12.5. The number of benzene rings is 1. The van der Waals surface area contributed by atoms with Crippen LogP contribution in [0.2, 0.25) is 0 Å². The normalized spacial score (nSPS) is 21.2. The van der Waals surface area contributed by atoms with Crippen LogP contribution in [-0.2, 0) is 30.9 Å². The molecular weight excluding hydrogens is 418 g/mol. The third kappa shape index (κ3) is 5.03. The fraction of sp³-hybridized carbons (Fsp3) is 0.444. The summed E-state index contributed by atoms with van der Waals surface area (Å²) in [6.45, 7) is 3.37. The molecule has 29 heavy (non-hydrogen) atoms. The minimum absolute atomic E-state index is 0.0751. The maximum absolute atomic E-state index is 13.0. The van der Waals surface area contributed by atoms with E-state index in [1.54, 1.807) is 19.1 Å². The Kier molecular flexibility index (Phi) is 6.11. The van der Waals surface area contributed by atoms with Gasteiger partial charge in [0.1, 0.15) is 5.76 Å². The van der Waals surface area contributed by atoms with E-state index in [1.165, 1.54) is 18.2 Å². The Hall–Kier alpha value is -2.24. The third-order valence-electron chi connectivity index (χ3n) is 4.78. The van der Waals surface area contributed by atoms with Gasteiger partial charge in [0.25, 0.3) is 0 Å². The summed E-state index contributed by atoms with van der Waals surface area (Å²) in [6.07, 6.45) is 0.766. The molecule has 1 amide bonds. The summed E-state index contributed by atoms with van der Waals surface area (Å²) in [6, 6.07) is 7.07. The van der Waals surface area contributed by atoms with Gasteiger partial charge in [-0.25, -0.2) is 16.8 Å². The molecular formula is C18H23N3O6S2. The number of sulfone groups is 2. The Balaban J connectivity index is 1.73. The molecule has 2 aromatic rings. The molecule has 0 bridgehead atoms. The highest BCUT2D eigenvalue weighted by Crippen LogP contribution is 2.26. The minimum Gasteiger partial charge on any atom is -0.360 e. The van der Waals surface area contributed by atoms with Crippen molar-refractivity contribution >= 4 is 31.4 Å².